The zero-order valence-corrected chi connectivity index (χ0v) is 9.95. The van der Waals surface area contributed by atoms with Gasteiger partial charge in [-0.15, -0.1) is 11.3 Å². The Morgan fingerprint density at radius 2 is 1.88 bits per heavy atom. The molecule has 84 valence electrons. The first-order chi connectivity index (χ1) is 8.31. The summed E-state index contributed by atoms with van der Waals surface area (Å²) < 4.78 is 1.04. The second-order valence-corrected chi connectivity index (χ2v) is 5.04. The Hall–Kier alpha value is -1.87. The highest BCUT2D eigenvalue weighted by molar-refractivity contribution is 7.18. The van der Waals surface area contributed by atoms with Gasteiger partial charge in [0.2, 0.25) is 0 Å². The predicted octanol–water partition coefficient (Wildman–Crippen LogP) is 3.59. The van der Waals surface area contributed by atoms with Gasteiger partial charge >= 0.3 is 0 Å². The molecule has 1 heterocycles. The van der Waals surface area contributed by atoms with Gasteiger partial charge < -0.3 is 5.11 Å². The van der Waals surface area contributed by atoms with Gasteiger partial charge in [0.15, 0.2) is 0 Å². The van der Waals surface area contributed by atoms with Crippen LogP contribution in [-0.2, 0) is 6.42 Å². The van der Waals surface area contributed by atoms with E-state index in [0.717, 1.165) is 21.6 Å². The van der Waals surface area contributed by atoms with Gasteiger partial charge in [-0.05, 0) is 23.8 Å². The summed E-state index contributed by atoms with van der Waals surface area (Å²) in [5, 5.41) is 10.5. The van der Waals surface area contributed by atoms with E-state index in [1.807, 2.05) is 24.3 Å². The second-order valence-electron chi connectivity index (χ2n) is 3.92. The third-order valence-corrected chi connectivity index (χ3v) is 3.63. The van der Waals surface area contributed by atoms with Crippen LogP contribution in [0.1, 0.15) is 10.6 Å². The highest BCUT2D eigenvalue weighted by atomic mass is 32.1. The monoisotopic (exact) mass is 241 g/mol. The summed E-state index contributed by atoms with van der Waals surface area (Å²) >= 11 is 1.64. The molecule has 0 fully saturated rings. The first-order valence-electron chi connectivity index (χ1n) is 5.43. The average molecular weight is 241 g/mol. The molecule has 1 aromatic heterocycles. The minimum absolute atomic E-state index is 0.299. The molecule has 0 saturated carbocycles. The van der Waals surface area contributed by atoms with Gasteiger partial charge in [-0.1, -0.05) is 30.3 Å². The Bertz CT molecular complexity index is 646. The number of hydrogen-bond acceptors (Lipinski definition) is 3. The Morgan fingerprint density at radius 3 is 2.71 bits per heavy atom. The largest absolute Gasteiger partial charge is 0.508 e. The SMILES string of the molecule is Oc1ccc2nc(Cc3ccccc3)sc2c1. The van der Waals surface area contributed by atoms with Gasteiger partial charge in [-0.3, -0.25) is 0 Å². The van der Waals surface area contributed by atoms with Crippen molar-refractivity contribution in [3.05, 3.63) is 59.1 Å². The van der Waals surface area contributed by atoms with E-state index in [9.17, 15) is 5.11 Å². The molecule has 0 amide bonds. The Balaban J connectivity index is 1.96. The summed E-state index contributed by atoms with van der Waals surface area (Å²) in [6.07, 6.45) is 0.848. The molecular formula is C14H11NOS. The van der Waals surface area contributed by atoms with Crippen LogP contribution in [-0.4, -0.2) is 10.1 Å². The first-order valence-corrected chi connectivity index (χ1v) is 6.25. The molecule has 0 aliphatic carbocycles. The fourth-order valence-corrected chi connectivity index (χ4v) is 2.84. The number of benzene rings is 2. The van der Waals surface area contributed by atoms with Crippen LogP contribution in [0.25, 0.3) is 10.2 Å². The van der Waals surface area contributed by atoms with E-state index in [1.54, 1.807) is 23.5 Å². The molecule has 1 N–H and O–H groups in total. The van der Waals surface area contributed by atoms with E-state index < -0.39 is 0 Å². The third-order valence-electron chi connectivity index (χ3n) is 2.61. The summed E-state index contributed by atoms with van der Waals surface area (Å²) in [7, 11) is 0. The molecule has 3 aromatic rings. The van der Waals surface area contributed by atoms with Crippen LogP contribution in [0.15, 0.2) is 48.5 Å². The minimum Gasteiger partial charge on any atom is -0.508 e. The highest BCUT2D eigenvalue weighted by Gasteiger charge is 2.05. The van der Waals surface area contributed by atoms with Crippen LogP contribution < -0.4 is 0 Å². The smallest absolute Gasteiger partial charge is 0.117 e. The van der Waals surface area contributed by atoms with Gasteiger partial charge in [0, 0.05) is 6.42 Å². The molecule has 3 heteroatoms. The maximum atomic E-state index is 9.41. The van der Waals surface area contributed by atoms with Crippen LogP contribution in [0.4, 0.5) is 0 Å². The van der Waals surface area contributed by atoms with Crippen LogP contribution in [0, 0.1) is 0 Å². The van der Waals surface area contributed by atoms with E-state index in [4.69, 9.17) is 0 Å². The zero-order valence-electron chi connectivity index (χ0n) is 9.13. The van der Waals surface area contributed by atoms with Crippen molar-refractivity contribution in [2.45, 2.75) is 6.42 Å². The van der Waals surface area contributed by atoms with Crippen molar-refractivity contribution in [3.63, 3.8) is 0 Å². The number of aromatic nitrogens is 1. The number of aromatic hydroxyl groups is 1. The molecule has 3 rings (SSSR count). The predicted molar refractivity (Wildman–Crippen MR) is 70.5 cm³/mol. The van der Waals surface area contributed by atoms with Crippen LogP contribution in [0.2, 0.25) is 0 Å². The molecule has 0 radical (unpaired) electrons. The Kier molecular flexibility index (Phi) is 2.53. The number of phenols is 1. The third kappa shape index (κ3) is 2.15. The van der Waals surface area contributed by atoms with Crippen molar-refractivity contribution in [3.8, 4) is 5.75 Å². The standard InChI is InChI=1S/C14H11NOS/c16-11-6-7-12-13(9-11)17-14(15-12)8-10-4-2-1-3-5-10/h1-7,9,16H,8H2. The molecule has 2 nitrogen and oxygen atoms in total. The lowest BCUT2D eigenvalue weighted by Gasteiger charge is -1.95. The number of hydrogen-bond donors (Lipinski definition) is 1. The van der Waals surface area contributed by atoms with Gasteiger partial charge in [-0.25, -0.2) is 4.98 Å². The Labute approximate surface area is 103 Å². The normalized spacial score (nSPS) is 10.8. The summed E-state index contributed by atoms with van der Waals surface area (Å²) in [4.78, 5) is 4.56. The molecule has 0 spiro atoms. The van der Waals surface area contributed by atoms with Crippen LogP contribution in [0.3, 0.4) is 0 Å². The lowest BCUT2D eigenvalue weighted by atomic mass is 10.2. The summed E-state index contributed by atoms with van der Waals surface area (Å²) in [5.41, 5.74) is 2.22. The van der Waals surface area contributed by atoms with Gasteiger partial charge in [0.25, 0.3) is 0 Å². The number of rotatable bonds is 2. The van der Waals surface area contributed by atoms with Crippen molar-refractivity contribution < 1.29 is 5.11 Å². The summed E-state index contributed by atoms with van der Waals surface area (Å²) in [6, 6.07) is 15.6. The van der Waals surface area contributed by atoms with Crippen LogP contribution in [0.5, 0.6) is 5.75 Å². The minimum atomic E-state index is 0.299. The van der Waals surface area contributed by atoms with Gasteiger partial charge in [-0.2, -0.15) is 0 Å². The number of thiazole rings is 1. The number of nitrogens with zero attached hydrogens (tertiary/aromatic N) is 1. The molecule has 0 aliphatic heterocycles. The Morgan fingerprint density at radius 1 is 1.06 bits per heavy atom. The molecule has 0 unspecified atom stereocenters. The molecular weight excluding hydrogens is 230 g/mol. The van der Waals surface area contributed by atoms with Crippen molar-refractivity contribution in [1.82, 2.24) is 4.98 Å². The summed E-state index contributed by atoms with van der Waals surface area (Å²) in [6.45, 7) is 0. The molecule has 0 saturated heterocycles. The lowest BCUT2D eigenvalue weighted by molar-refractivity contribution is 0.476. The molecule has 0 aliphatic rings. The maximum Gasteiger partial charge on any atom is 0.117 e. The molecule has 0 atom stereocenters. The fourth-order valence-electron chi connectivity index (χ4n) is 1.81. The quantitative estimate of drug-likeness (QED) is 0.743. The van der Waals surface area contributed by atoms with Gasteiger partial charge in [0.05, 0.1) is 15.2 Å². The number of fused-ring (bicyclic) bond motifs is 1. The molecule has 2 aromatic carbocycles. The van der Waals surface area contributed by atoms with Crippen molar-refractivity contribution in [2.75, 3.05) is 0 Å². The highest BCUT2D eigenvalue weighted by Crippen LogP contribution is 2.26. The molecule has 17 heavy (non-hydrogen) atoms. The lowest BCUT2D eigenvalue weighted by Crippen LogP contribution is -1.85. The maximum absolute atomic E-state index is 9.41. The van der Waals surface area contributed by atoms with E-state index in [1.165, 1.54) is 5.56 Å². The first kappa shape index (κ1) is 10.3. The van der Waals surface area contributed by atoms with Crippen molar-refractivity contribution in [2.24, 2.45) is 0 Å². The molecule has 0 bridgehead atoms. The van der Waals surface area contributed by atoms with Gasteiger partial charge in [0.1, 0.15) is 5.75 Å². The summed E-state index contributed by atoms with van der Waals surface area (Å²) in [5.74, 6) is 0.299. The van der Waals surface area contributed by atoms with E-state index >= 15 is 0 Å². The fraction of sp³-hybridized carbons (Fsp3) is 0.0714. The van der Waals surface area contributed by atoms with Crippen molar-refractivity contribution >= 4 is 21.6 Å². The zero-order chi connectivity index (χ0) is 11.7. The topological polar surface area (TPSA) is 33.1 Å². The van der Waals surface area contributed by atoms with E-state index in [2.05, 4.69) is 17.1 Å². The second kappa shape index (κ2) is 4.18. The van der Waals surface area contributed by atoms with E-state index in [-0.39, 0.29) is 0 Å². The number of phenolic OH excluding ortho intramolecular Hbond substituents is 1. The average Bonchev–Trinajstić information content (AvgIpc) is 2.71. The van der Waals surface area contributed by atoms with Crippen molar-refractivity contribution in [1.29, 1.82) is 0 Å². The van der Waals surface area contributed by atoms with E-state index in [0.29, 0.717) is 5.75 Å². The van der Waals surface area contributed by atoms with Crippen LogP contribution >= 0.6 is 11.3 Å².